The number of amides is 1. The Morgan fingerprint density at radius 1 is 1.14 bits per heavy atom. The van der Waals surface area contributed by atoms with E-state index in [1.54, 1.807) is 53.6 Å². The molecule has 10 heteroatoms. The number of rotatable bonds is 5. The average molecular weight is 432 g/mol. The van der Waals surface area contributed by atoms with Crippen molar-refractivity contribution < 1.29 is 9.53 Å². The standard InChI is InChI=1S/C18H11Cl2N5O2S/c19-14-7-13(17(20)28-14)18(26)24-11-1-3-12(4-2-11)27-16-8-15(22-9-23-16)25-6-5-21-10-25/h1-10H,(H,24,26). The molecule has 0 saturated heterocycles. The molecule has 0 spiro atoms. The van der Waals surface area contributed by atoms with E-state index in [1.807, 2.05) is 0 Å². The quantitative estimate of drug-likeness (QED) is 0.476. The van der Waals surface area contributed by atoms with Gasteiger partial charge in [-0.25, -0.2) is 15.0 Å². The summed E-state index contributed by atoms with van der Waals surface area (Å²) in [5.74, 6) is 1.25. The number of nitrogens with one attached hydrogen (secondary N) is 1. The van der Waals surface area contributed by atoms with E-state index < -0.39 is 0 Å². The first kappa shape index (κ1) is 18.4. The van der Waals surface area contributed by atoms with E-state index in [0.717, 1.165) is 11.3 Å². The zero-order valence-electron chi connectivity index (χ0n) is 14.0. The number of nitrogens with zero attached hydrogens (tertiary/aromatic N) is 4. The van der Waals surface area contributed by atoms with Gasteiger partial charge in [0.05, 0.1) is 9.90 Å². The summed E-state index contributed by atoms with van der Waals surface area (Å²) in [6.07, 6.45) is 6.48. The van der Waals surface area contributed by atoms with Crippen LogP contribution in [0.3, 0.4) is 0 Å². The zero-order valence-corrected chi connectivity index (χ0v) is 16.4. The lowest BCUT2D eigenvalue weighted by Crippen LogP contribution is -2.11. The highest BCUT2D eigenvalue weighted by Crippen LogP contribution is 2.31. The molecular formula is C18H11Cl2N5O2S. The van der Waals surface area contributed by atoms with Gasteiger partial charge in [0.15, 0.2) is 0 Å². The van der Waals surface area contributed by atoms with Crippen molar-refractivity contribution in [2.45, 2.75) is 0 Å². The highest BCUT2D eigenvalue weighted by molar-refractivity contribution is 7.20. The first-order valence-electron chi connectivity index (χ1n) is 7.93. The van der Waals surface area contributed by atoms with Crippen LogP contribution in [0.25, 0.3) is 5.82 Å². The van der Waals surface area contributed by atoms with Crippen LogP contribution >= 0.6 is 34.5 Å². The van der Waals surface area contributed by atoms with Gasteiger partial charge < -0.3 is 10.1 Å². The Balaban J connectivity index is 1.44. The Hall–Kier alpha value is -2.94. The molecule has 1 amide bonds. The van der Waals surface area contributed by atoms with Crippen LogP contribution in [-0.4, -0.2) is 25.4 Å². The number of ether oxygens (including phenoxy) is 1. The fourth-order valence-corrected chi connectivity index (χ4v) is 3.80. The third-order valence-corrected chi connectivity index (χ3v) is 5.12. The molecule has 0 aliphatic carbocycles. The fourth-order valence-electron chi connectivity index (χ4n) is 2.34. The Kier molecular flexibility index (Phi) is 5.25. The van der Waals surface area contributed by atoms with Gasteiger partial charge in [-0.2, -0.15) is 0 Å². The van der Waals surface area contributed by atoms with E-state index in [4.69, 9.17) is 27.9 Å². The first-order valence-corrected chi connectivity index (χ1v) is 9.50. The average Bonchev–Trinajstić information content (AvgIpc) is 3.33. The minimum absolute atomic E-state index is 0.331. The number of thiophene rings is 1. The van der Waals surface area contributed by atoms with Gasteiger partial charge in [-0.3, -0.25) is 9.36 Å². The summed E-state index contributed by atoms with van der Waals surface area (Å²) in [6.45, 7) is 0. The Morgan fingerprint density at radius 3 is 2.64 bits per heavy atom. The van der Waals surface area contributed by atoms with Gasteiger partial charge in [0.2, 0.25) is 5.88 Å². The first-order chi connectivity index (χ1) is 13.6. The summed E-state index contributed by atoms with van der Waals surface area (Å²) >= 11 is 13.0. The topological polar surface area (TPSA) is 81.9 Å². The number of imidazole rings is 1. The third kappa shape index (κ3) is 4.14. The normalized spacial score (nSPS) is 10.6. The highest BCUT2D eigenvalue weighted by atomic mass is 35.5. The Bertz CT molecular complexity index is 1110. The monoisotopic (exact) mass is 431 g/mol. The molecule has 1 N–H and O–H groups in total. The van der Waals surface area contributed by atoms with E-state index >= 15 is 0 Å². The molecule has 3 aromatic heterocycles. The SMILES string of the molecule is O=C(Nc1ccc(Oc2cc(-n3ccnc3)ncn2)cc1)c1cc(Cl)sc1Cl. The maximum Gasteiger partial charge on any atom is 0.258 e. The van der Waals surface area contributed by atoms with Gasteiger partial charge in [0, 0.05) is 24.1 Å². The molecule has 28 heavy (non-hydrogen) atoms. The predicted octanol–water partition coefficient (Wildman–Crippen LogP) is 5.08. The van der Waals surface area contributed by atoms with Crippen molar-refractivity contribution in [1.29, 1.82) is 0 Å². The predicted molar refractivity (Wildman–Crippen MR) is 108 cm³/mol. The molecule has 4 rings (SSSR count). The van der Waals surface area contributed by atoms with Crippen molar-refractivity contribution in [3.05, 3.63) is 75.7 Å². The van der Waals surface area contributed by atoms with Crippen LogP contribution in [0.2, 0.25) is 8.67 Å². The molecule has 0 radical (unpaired) electrons. The number of carbonyl (C=O) groups is 1. The lowest BCUT2D eigenvalue weighted by molar-refractivity contribution is 0.102. The summed E-state index contributed by atoms with van der Waals surface area (Å²) in [4.78, 5) is 24.5. The van der Waals surface area contributed by atoms with Gasteiger partial charge >= 0.3 is 0 Å². The second kappa shape index (κ2) is 7.97. The lowest BCUT2D eigenvalue weighted by atomic mass is 10.2. The van der Waals surface area contributed by atoms with Crippen molar-refractivity contribution in [3.63, 3.8) is 0 Å². The van der Waals surface area contributed by atoms with Crippen LogP contribution in [0, 0.1) is 0 Å². The van der Waals surface area contributed by atoms with Crippen LogP contribution in [0.5, 0.6) is 11.6 Å². The van der Waals surface area contributed by atoms with Crippen molar-refractivity contribution in [2.24, 2.45) is 0 Å². The van der Waals surface area contributed by atoms with Crippen LogP contribution in [-0.2, 0) is 0 Å². The van der Waals surface area contributed by atoms with Gasteiger partial charge in [0.1, 0.15) is 28.6 Å². The molecule has 4 aromatic rings. The summed E-state index contributed by atoms with van der Waals surface area (Å²) in [5, 5.41) is 2.76. The third-order valence-electron chi connectivity index (χ3n) is 3.63. The highest BCUT2D eigenvalue weighted by Gasteiger charge is 2.14. The van der Waals surface area contributed by atoms with Crippen molar-refractivity contribution >= 4 is 46.1 Å². The van der Waals surface area contributed by atoms with Gasteiger partial charge in [-0.05, 0) is 30.3 Å². The molecular weight excluding hydrogens is 421 g/mol. The molecule has 0 saturated carbocycles. The fraction of sp³-hybridized carbons (Fsp3) is 0. The van der Waals surface area contributed by atoms with Gasteiger partial charge in [-0.15, -0.1) is 11.3 Å². The molecule has 7 nitrogen and oxygen atoms in total. The van der Waals surface area contributed by atoms with Crippen molar-refractivity contribution in [3.8, 4) is 17.4 Å². The van der Waals surface area contributed by atoms with Gasteiger partial charge in [0.25, 0.3) is 5.91 Å². The van der Waals surface area contributed by atoms with E-state index in [9.17, 15) is 4.79 Å². The number of anilines is 1. The molecule has 0 unspecified atom stereocenters. The van der Waals surface area contributed by atoms with E-state index in [1.165, 1.54) is 12.4 Å². The number of halogens is 2. The second-order valence-corrected chi connectivity index (χ2v) is 7.79. The summed E-state index contributed by atoms with van der Waals surface area (Å²) in [6, 6.07) is 10.1. The van der Waals surface area contributed by atoms with E-state index in [-0.39, 0.29) is 5.91 Å². The number of hydrogen-bond donors (Lipinski definition) is 1. The molecule has 3 heterocycles. The number of aromatic nitrogens is 4. The number of carbonyl (C=O) groups excluding carboxylic acids is 1. The maximum atomic E-state index is 12.3. The summed E-state index contributed by atoms with van der Waals surface area (Å²) in [5.41, 5.74) is 0.933. The summed E-state index contributed by atoms with van der Waals surface area (Å²) in [7, 11) is 0. The number of hydrogen-bond acceptors (Lipinski definition) is 6. The minimum atomic E-state index is -0.331. The van der Waals surface area contributed by atoms with Crippen LogP contribution in [0.1, 0.15) is 10.4 Å². The van der Waals surface area contributed by atoms with Crippen LogP contribution < -0.4 is 10.1 Å². The zero-order chi connectivity index (χ0) is 19.5. The van der Waals surface area contributed by atoms with Crippen molar-refractivity contribution in [1.82, 2.24) is 19.5 Å². The molecule has 0 aliphatic rings. The smallest absolute Gasteiger partial charge is 0.258 e. The van der Waals surface area contributed by atoms with Gasteiger partial charge in [-0.1, -0.05) is 23.2 Å². The molecule has 140 valence electrons. The lowest BCUT2D eigenvalue weighted by Gasteiger charge is -2.08. The van der Waals surface area contributed by atoms with E-state index in [2.05, 4.69) is 20.3 Å². The largest absolute Gasteiger partial charge is 0.439 e. The maximum absolute atomic E-state index is 12.3. The molecule has 0 bridgehead atoms. The molecule has 0 aliphatic heterocycles. The Morgan fingerprint density at radius 2 is 1.96 bits per heavy atom. The minimum Gasteiger partial charge on any atom is -0.439 e. The number of benzene rings is 1. The second-order valence-electron chi connectivity index (χ2n) is 5.50. The summed E-state index contributed by atoms with van der Waals surface area (Å²) < 4.78 is 8.30. The van der Waals surface area contributed by atoms with E-state index in [0.29, 0.717) is 37.4 Å². The van der Waals surface area contributed by atoms with Crippen molar-refractivity contribution in [2.75, 3.05) is 5.32 Å². The molecule has 1 aromatic carbocycles. The molecule has 0 atom stereocenters. The Labute approximate surface area is 173 Å². The van der Waals surface area contributed by atoms with Crippen LogP contribution in [0.15, 0.2) is 61.4 Å². The van der Waals surface area contributed by atoms with Crippen LogP contribution in [0.4, 0.5) is 5.69 Å². The molecule has 0 fully saturated rings.